The van der Waals surface area contributed by atoms with E-state index in [-0.39, 0.29) is 0 Å². The quantitative estimate of drug-likeness (QED) is 0.0937. The van der Waals surface area contributed by atoms with E-state index in [9.17, 15) is 0 Å². The molecule has 9 aromatic rings. The Morgan fingerprint density at radius 1 is 0.283 bits per heavy atom. The summed E-state index contributed by atoms with van der Waals surface area (Å²) in [5.74, 6) is 0. The third-order valence-electron chi connectivity index (χ3n) is 12.0. The van der Waals surface area contributed by atoms with Gasteiger partial charge in [0.2, 0.25) is 0 Å². The van der Waals surface area contributed by atoms with Crippen LogP contribution in [0.2, 0.25) is 0 Å². The zero-order valence-corrected chi connectivity index (χ0v) is 36.2. The van der Waals surface area contributed by atoms with E-state index >= 15 is 0 Å². The first-order chi connectivity index (χ1) is 29.3. The summed E-state index contributed by atoms with van der Waals surface area (Å²) >= 11 is 16.0. The summed E-state index contributed by atoms with van der Waals surface area (Å²) in [4.78, 5) is 2.77. The SMILES string of the molecule is Cc1c(-c2ccccc2)cccc1-c1cc(C(C)(c2ccccc2)c2cc(-c3ccccc3)c(S)c(-c3cccc(-c4ccccc4)c3S)c2)cc(-c2ccccc2)c1S. The van der Waals surface area contributed by atoms with E-state index in [2.05, 4.69) is 220 Å². The van der Waals surface area contributed by atoms with Crippen molar-refractivity contribution in [1.29, 1.82) is 0 Å². The summed E-state index contributed by atoms with van der Waals surface area (Å²) < 4.78 is 0. The molecule has 0 amide bonds. The zero-order valence-electron chi connectivity index (χ0n) is 33.5. The van der Waals surface area contributed by atoms with Crippen LogP contribution in [0.1, 0.15) is 29.2 Å². The lowest BCUT2D eigenvalue weighted by Gasteiger charge is -2.35. The van der Waals surface area contributed by atoms with Gasteiger partial charge in [0.25, 0.3) is 0 Å². The van der Waals surface area contributed by atoms with Gasteiger partial charge in [-0.25, -0.2) is 0 Å². The summed E-state index contributed by atoms with van der Waals surface area (Å²) in [5.41, 5.74) is 17.3. The Morgan fingerprint density at radius 3 is 1.07 bits per heavy atom. The average molecular weight is 825 g/mol. The van der Waals surface area contributed by atoms with Gasteiger partial charge in [0.1, 0.15) is 0 Å². The predicted molar refractivity (Wildman–Crippen MR) is 264 cm³/mol. The van der Waals surface area contributed by atoms with Gasteiger partial charge in [-0.15, -0.1) is 37.9 Å². The molecule has 0 N–H and O–H groups in total. The average Bonchev–Trinajstić information content (AvgIpc) is 3.31. The molecule has 0 heterocycles. The summed E-state index contributed by atoms with van der Waals surface area (Å²) in [6.45, 7) is 4.61. The van der Waals surface area contributed by atoms with Crippen LogP contribution in [0, 0.1) is 6.92 Å². The Hall–Kier alpha value is -5.97. The van der Waals surface area contributed by atoms with E-state index in [4.69, 9.17) is 37.9 Å². The van der Waals surface area contributed by atoms with Gasteiger partial charge in [-0.1, -0.05) is 188 Å². The molecule has 3 heteroatoms. The molecule has 0 spiro atoms. The Labute approximate surface area is 370 Å². The highest BCUT2D eigenvalue weighted by Gasteiger charge is 2.35. The number of thiol groups is 3. The van der Waals surface area contributed by atoms with Gasteiger partial charge < -0.3 is 0 Å². The standard InChI is InChI=1S/C57H44S3/c1-38-46(39-20-8-3-9-21-39)30-18-31-47(38)52-36-44(34-50(55(52)59)41-24-12-5-13-25-41)57(2,43-28-16-7-17-29-43)45-35-51(42-26-14-6-15-27-42)56(60)53(37-45)49-33-19-32-48(54(49)58)40-22-10-4-11-23-40/h3-37,58-60H,1-2H3. The third-order valence-corrected chi connectivity index (χ3v) is 13.5. The highest BCUT2D eigenvalue weighted by molar-refractivity contribution is 7.81. The number of rotatable bonds is 9. The lowest BCUT2D eigenvalue weighted by Crippen LogP contribution is -2.26. The molecule has 0 saturated heterocycles. The Kier molecular flexibility index (Phi) is 11.2. The second-order valence-electron chi connectivity index (χ2n) is 15.5. The molecule has 290 valence electrons. The van der Waals surface area contributed by atoms with Gasteiger partial charge in [0.05, 0.1) is 0 Å². The van der Waals surface area contributed by atoms with Crippen molar-refractivity contribution < 1.29 is 0 Å². The van der Waals surface area contributed by atoms with Crippen molar-refractivity contribution in [2.75, 3.05) is 0 Å². The molecule has 0 radical (unpaired) electrons. The van der Waals surface area contributed by atoms with E-state index in [1.807, 2.05) is 6.07 Å². The smallest absolute Gasteiger partial charge is 0.0424 e. The van der Waals surface area contributed by atoms with Crippen molar-refractivity contribution in [3.8, 4) is 66.8 Å². The predicted octanol–water partition coefficient (Wildman–Crippen LogP) is 16.2. The van der Waals surface area contributed by atoms with Crippen LogP contribution in [0.3, 0.4) is 0 Å². The minimum Gasteiger partial charge on any atom is -0.142 e. The molecule has 0 saturated carbocycles. The molecule has 0 bridgehead atoms. The molecule has 0 aliphatic heterocycles. The van der Waals surface area contributed by atoms with Gasteiger partial charge >= 0.3 is 0 Å². The molecule has 1 unspecified atom stereocenters. The maximum absolute atomic E-state index is 5.39. The molecule has 9 rings (SSSR count). The molecule has 0 aliphatic rings. The van der Waals surface area contributed by atoms with Crippen LogP contribution in [-0.4, -0.2) is 0 Å². The first kappa shape index (κ1) is 39.5. The summed E-state index contributed by atoms with van der Waals surface area (Å²) in [7, 11) is 0. The van der Waals surface area contributed by atoms with Crippen LogP contribution in [0.5, 0.6) is 0 Å². The maximum Gasteiger partial charge on any atom is 0.0424 e. The Morgan fingerprint density at radius 2 is 0.600 bits per heavy atom. The van der Waals surface area contributed by atoms with Crippen molar-refractivity contribution in [1.82, 2.24) is 0 Å². The highest BCUT2D eigenvalue weighted by atomic mass is 32.1. The molecule has 0 fully saturated rings. The number of hydrogen-bond donors (Lipinski definition) is 3. The first-order valence-corrected chi connectivity index (χ1v) is 21.6. The molecular weight excluding hydrogens is 781 g/mol. The second kappa shape index (κ2) is 17.0. The Balaban J connectivity index is 1.36. The monoisotopic (exact) mass is 824 g/mol. The van der Waals surface area contributed by atoms with Crippen LogP contribution in [-0.2, 0) is 5.41 Å². The van der Waals surface area contributed by atoms with Crippen molar-refractivity contribution in [3.05, 3.63) is 235 Å². The van der Waals surface area contributed by atoms with Crippen molar-refractivity contribution in [2.45, 2.75) is 33.9 Å². The lowest BCUT2D eigenvalue weighted by atomic mass is 9.69. The molecular formula is C57H44S3. The minimum absolute atomic E-state index is 0.639. The Bertz CT molecular complexity index is 2760. The highest BCUT2D eigenvalue weighted by Crippen LogP contribution is 2.50. The zero-order chi connectivity index (χ0) is 41.2. The molecule has 60 heavy (non-hydrogen) atoms. The summed E-state index contributed by atoms with van der Waals surface area (Å²) in [6.07, 6.45) is 0. The largest absolute Gasteiger partial charge is 0.142 e. The van der Waals surface area contributed by atoms with Crippen LogP contribution in [0.15, 0.2) is 227 Å². The number of hydrogen-bond acceptors (Lipinski definition) is 3. The molecule has 0 aromatic heterocycles. The molecule has 0 nitrogen and oxygen atoms in total. The molecule has 9 aromatic carbocycles. The van der Waals surface area contributed by atoms with Crippen LogP contribution < -0.4 is 0 Å². The molecule has 1 atom stereocenters. The summed E-state index contributed by atoms with van der Waals surface area (Å²) in [6, 6.07) is 75.8. The maximum atomic E-state index is 5.39. The van der Waals surface area contributed by atoms with Crippen molar-refractivity contribution in [3.63, 3.8) is 0 Å². The topological polar surface area (TPSA) is 0 Å². The van der Waals surface area contributed by atoms with Crippen molar-refractivity contribution >= 4 is 37.9 Å². The van der Waals surface area contributed by atoms with Gasteiger partial charge in [0.15, 0.2) is 0 Å². The van der Waals surface area contributed by atoms with Gasteiger partial charge in [0, 0.05) is 20.1 Å². The van der Waals surface area contributed by atoms with E-state index in [0.717, 1.165) is 81.4 Å². The van der Waals surface area contributed by atoms with Crippen LogP contribution in [0.4, 0.5) is 0 Å². The van der Waals surface area contributed by atoms with Crippen LogP contribution in [0.25, 0.3) is 66.8 Å². The number of benzene rings is 9. The van der Waals surface area contributed by atoms with Gasteiger partial charge in [-0.05, 0) is 127 Å². The van der Waals surface area contributed by atoms with Gasteiger partial charge in [-0.3, -0.25) is 0 Å². The third kappa shape index (κ3) is 7.32. The normalized spacial score (nSPS) is 12.2. The van der Waals surface area contributed by atoms with E-state index in [1.54, 1.807) is 0 Å². The second-order valence-corrected chi connectivity index (χ2v) is 16.8. The van der Waals surface area contributed by atoms with E-state index < -0.39 is 5.41 Å². The summed E-state index contributed by atoms with van der Waals surface area (Å²) in [5, 5.41) is 0. The fourth-order valence-corrected chi connectivity index (χ4v) is 9.83. The lowest BCUT2D eigenvalue weighted by molar-refractivity contribution is 0.692. The fraction of sp³-hybridized carbons (Fsp3) is 0.0526. The fourth-order valence-electron chi connectivity index (χ4n) is 8.67. The van der Waals surface area contributed by atoms with Crippen LogP contribution >= 0.6 is 37.9 Å². The van der Waals surface area contributed by atoms with Crippen molar-refractivity contribution in [2.24, 2.45) is 0 Å². The van der Waals surface area contributed by atoms with E-state index in [0.29, 0.717) is 0 Å². The first-order valence-electron chi connectivity index (χ1n) is 20.3. The molecule has 0 aliphatic carbocycles. The van der Waals surface area contributed by atoms with E-state index in [1.165, 1.54) is 22.3 Å². The minimum atomic E-state index is -0.639. The van der Waals surface area contributed by atoms with Gasteiger partial charge in [-0.2, -0.15) is 0 Å².